The van der Waals surface area contributed by atoms with Gasteiger partial charge in [-0.05, 0) is 84.8 Å². The summed E-state index contributed by atoms with van der Waals surface area (Å²) in [6.07, 6.45) is 1.76. The molecule has 2 nitrogen and oxygen atoms in total. The maximum Gasteiger partial charge on any atom is 0.178 e. The van der Waals surface area contributed by atoms with Crippen LogP contribution >= 0.6 is 0 Å². The van der Waals surface area contributed by atoms with E-state index in [1.807, 2.05) is 78.9 Å². The van der Waals surface area contributed by atoms with Crippen LogP contribution in [0.25, 0.3) is 99.0 Å². The average molecular weight is 621 g/mol. The highest BCUT2D eigenvalue weighted by molar-refractivity contribution is 6.21. The lowest BCUT2D eigenvalue weighted by Gasteiger charge is -2.18. The first-order chi connectivity index (χ1) is 27.1. The van der Waals surface area contributed by atoms with E-state index in [9.17, 15) is 0 Å². The molecule has 0 saturated heterocycles. The molecule has 0 fully saturated rings. The first-order valence-corrected chi connectivity index (χ1v) is 15.7. The smallest absolute Gasteiger partial charge is 0.178 e. The van der Waals surface area contributed by atoms with E-state index >= 15 is 0 Å². The van der Waals surface area contributed by atoms with E-state index in [1.165, 1.54) is 0 Å². The summed E-state index contributed by atoms with van der Waals surface area (Å²) < 4.78 is 83.6. The van der Waals surface area contributed by atoms with Gasteiger partial charge in [0.2, 0.25) is 0 Å². The zero-order valence-electron chi connectivity index (χ0n) is 33.4. The van der Waals surface area contributed by atoms with Crippen molar-refractivity contribution in [1.29, 1.82) is 0 Å². The molecular weight excluding hydrogens is 585 g/mol. The van der Waals surface area contributed by atoms with E-state index in [4.69, 9.17) is 19.8 Å². The number of hydrogen-bond donors (Lipinski definition) is 0. The van der Waals surface area contributed by atoms with E-state index in [2.05, 4.69) is 12.1 Å². The van der Waals surface area contributed by atoms with Crippen LogP contribution in [0.5, 0.6) is 0 Å². The van der Waals surface area contributed by atoms with Crippen LogP contribution in [0.15, 0.2) is 179 Å². The minimum absolute atomic E-state index is 0.184. The number of fused-ring (bicyclic) bond motifs is 7. The molecule has 2 aromatic heterocycles. The van der Waals surface area contributed by atoms with E-state index < -0.39 is 24.2 Å². The second-order valence-corrected chi connectivity index (χ2v) is 11.8. The lowest BCUT2D eigenvalue weighted by atomic mass is 9.86. The minimum atomic E-state index is -0.429. The van der Waals surface area contributed by atoms with Crippen molar-refractivity contribution in [3.63, 3.8) is 0 Å². The molecule has 0 N–H and O–H groups in total. The summed E-state index contributed by atoms with van der Waals surface area (Å²) in [5.41, 5.74) is 7.56. The van der Waals surface area contributed by atoms with Crippen LogP contribution in [0.4, 0.5) is 0 Å². The Morgan fingerprint density at radius 3 is 1.52 bits per heavy atom. The van der Waals surface area contributed by atoms with Gasteiger partial charge in [-0.1, -0.05) is 139 Å². The molecule has 0 aliphatic rings. The molecule has 0 saturated carbocycles. The number of hydrogen-bond acceptors (Lipinski definition) is 2. The largest absolute Gasteiger partial charge is 0.460 e. The van der Waals surface area contributed by atoms with Gasteiger partial charge in [0.1, 0.15) is 5.58 Å². The third-order valence-electron chi connectivity index (χ3n) is 9.21. The van der Waals surface area contributed by atoms with Gasteiger partial charge in [-0.25, -0.2) is 0 Å². The number of rotatable bonds is 4. The molecule has 2 heteroatoms. The summed E-state index contributed by atoms with van der Waals surface area (Å²) in [5, 5.41) is 3.60. The lowest BCUT2D eigenvalue weighted by molar-refractivity contribution is 0.600. The standard InChI is InChI=1S/C46H28O2/c1-3-11-30(12-4-1)41-28-47-45-40(41)26-25-39-34-24-23-33(27-42(34)48-46(39)45)29-19-21-32(22-20-29)44-37-17-9-7-15-35(37)43(31-13-5-2-6-14-31)36-16-8-10-18-38(36)44/h1-28H/i7D,8D,9D,10D,15D,16D,17D,18D. The normalized spacial score (nSPS) is 14.1. The van der Waals surface area contributed by atoms with E-state index in [0.717, 1.165) is 38.4 Å². The lowest BCUT2D eigenvalue weighted by Crippen LogP contribution is -1.90. The van der Waals surface area contributed by atoms with Crippen molar-refractivity contribution < 1.29 is 19.8 Å². The van der Waals surface area contributed by atoms with Gasteiger partial charge in [-0.3, -0.25) is 0 Å². The van der Waals surface area contributed by atoms with Gasteiger partial charge in [0.05, 0.1) is 17.2 Å². The molecule has 0 atom stereocenters. The zero-order chi connectivity index (χ0) is 38.6. The van der Waals surface area contributed by atoms with Gasteiger partial charge in [0.25, 0.3) is 0 Å². The van der Waals surface area contributed by atoms with Crippen molar-refractivity contribution in [3.8, 4) is 44.5 Å². The highest BCUT2D eigenvalue weighted by Gasteiger charge is 2.18. The molecule has 224 valence electrons. The van der Waals surface area contributed by atoms with Gasteiger partial charge in [-0.15, -0.1) is 0 Å². The Kier molecular flexibility index (Phi) is 4.41. The molecule has 0 spiro atoms. The van der Waals surface area contributed by atoms with Crippen LogP contribution in [0, 0.1) is 0 Å². The van der Waals surface area contributed by atoms with Crippen molar-refractivity contribution >= 4 is 54.5 Å². The Bertz CT molecular complexity index is 3180. The van der Waals surface area contributed by atoms with Crippen molar-refractivity contribution in [2.24, 2.45) is 0 Å². The molecule has 0 amide bonds. The Morgan fingerprint density at radius 2 is 0.896 bits per heavy atom. The van der Waals surface area contributed by atoms with Crippen LogP contribution in [0.2, 0.25) is 0 Å². The Balaban J connectivity index is 1.17. The summed E-state index contributed by atoms with van der Waals surface area (Å²) in [5.74, 6) is 0. The third kappa shape index (κ3) is 4.06. The average Bonchev–Trinajstić information content (AvgIpc) is 3.85. The summed E-state index contributed by atoms with van der Waals surface area (Å²) in [4.78, 5) is 0. The van der Waals surface area contributed by atoms with E-state index in [0.29, 0.717) is 39.0 Å². The first kappa shape index (κ1) is 20.0. The number of furan rings is 2. The van der Waals surface area contributed by atoms with Crippen LogP contribution in [0.1, 0.15) is 11.0 Å². The van der Waals surface area contributed by atoms with Gasteiger partial charge < -0.3 is 8.83 Å². The quantitative estimate of drug-likeness (QED) is 0.183. The van der Waals surface area contributed by atoms with Crippen LogP contribution in [-0.4, -0.2) is 0 Å². The predicted octanol–water partition coefficient (Wildman–Crippen LogP) is 13.3. The Labute approximate surface area is 288 Å². The molecule has 0 aliphatic carbocycles. The molecule has 2 heterocycles. The molecule has 0 bridgehead atoms. The van der Waals surface area contributed by atoms with Crippen LogP contribution in [-0.2, 0) is 0 Å². The molecule has 10 aromatic rings. The zero-order valence-corrected chi connectivity index (χ0v) is 25.4. The van der Waals surface area contributed by atoms with Crippen LogP contribution < -0.4 is 0 Å². The fraction of sp³-hybridized carbons (Fsp3) is 0. The molecule has 0 aliphatic heterocycles. The second kappa shape index (κ2) is 10.6. The van der Waals surface area contributed by atoms with Crippen molar-refractivity contribution in [2.75, 3.05) is 0 Å². The number of benzene rings is 8. The van der Waals surface area contributed by atoms with Gasteiger partial charge >= 0.3 is 0 Å². The SMILES string of the molecule is [2H]c1c([2H])c([2H])c2c(-c3ccc(-c4ccc5c(c4)oc4c5ccc5c(-c6ccccc6)coc54)cc3)c3c([2H])c([2H])c([2H])c([2H])c3c(-c3ccccc3)c2c1[2H]. The van der Waals surface area contributed by atoms with E-state index in [-0.39, 0.29) is 45.7 Å². The summed E-state index contributed by atoms with van der Waals surface area (Å²) in [6.45, 7) is 0. The first-order valence-electron chi connectivity index (χ1n) is 19.7. The Morgan fingerprint density at radius 1 is 0.396 bits per heavy atom. The van der Waals surface area contributed by atoms with Gasteiger partial charge in [0.15, 0.2) is 11.2 Å². The highest BCUT2D eigenvalue weighted by atomic mass is 16.4. The van der Waals surface area contributed by atoms with Gasteiger partial charge in [0, 0.05) is 21.7 Å². The highest BCUT2D eigenvalue weighted by Crippen LogP contribution is 2.44. The van der Waals surface area contributed by atoms with Crippen LogP contribution in [0.3, 0.4) is 0 Å². The summed E-state index contributed by atoms with van der Waals surface area (Å²) >= 11 is 0. The molecule has 0 radical (unpaired) electrons. The second-order valence-electron chi connectivity index (χ2n) is 11.8. The van der Waals surface area contributed by atoms with Crippen molar-refractivity contribution in [1.82, 2.24) is 0 Å². The molecule has 48 heavy (non-hydrogen) atoms. The minimum Gasteiger partial charge on any atom is -0.460 e. The summed E-state index contributed by atoms with van der Waals surface area (Å²) in [6, 6.07) is 33.8. The van der Waals surface area contributed by atoms with Gasteiger partial charge in [-0.2, -0.15) is 0 Å². The molecule has 10 rings (SSSR count). The molecule has 8 aromatic carbocycles. The maximum absolute atomic E-state index is 9.17. The van der Waals surface area contributed by atoms with E-state index in [1.54, 1.807) is 30.5 Å². The fourth-order valence-corrected chi connectivity index (χ4v) is 6.98. The predicted molar refractivity (Wildman–Crippen MR) is 200 cm³/mol. The topological polar surface area (TPSA) is 26.3 Å². The Hall–Kier alpha value is -6.38. The van der Waals surface area contributed by atoms with Crippen molar-refractivity contribution in [3.05, 3.63) is 170 Å². The molecular formula is C46H28O2. The molecule has 0 unspecified atom stereocenters. The third-order valence-corrected chi connectivity index (χ3v) is 9.21. The summed E-state index contributed by atoms with van der Waals surface area (Å²) in [7, 11) is 0. The monoisotopic (exact) mass is 620 g/mol. The fourth-order valence-electron chi connectivity index (χ4n) is 6.98. The maximum atomic E-state index is 9.17. The van der Waals surface area contributed by atoms with Crippen molar-refractivity contribution in [2.45, 2.75) is 0 Å².